The second-order valence-corrected chi connectivity index (χ2v) is 23.4. The van der Waals surface area contributed by atoms with Gasteiger partial charge in [-0.1, -0.05) is 76.2 Å². The summed E-state index contributed by atoms with van der Waals surface area (Å²) in [7, 11) is 4.52. The fourth-order valence-electron chi connectivity index (χ4n) is 11.6. The average molecular weight is 1180 g/mol. The number of hydrogen-bond acceptors (Lipinski definition) is 16. The van der Waals surface area contributed by atoms with Crippen LogP contribution in [0.2, 0.25) is 0 Å². The molecule has 1 aromatic carbocycles. The third-order valence-corrected chi connectivity index (χ3v) is 16.9. The number of aliphatic hydroxyl groups is 3. The molecule has 3 fully saturated rings. The summed E-state index contributed by atoms with van der Waals surface area (Å²) in [6, 6.07) is 3.03. The van der Waals surface area contributed by atoms with Crippen molar-refractivity contribution >= 4 is 40.8 Å². The molecule has 0 radical (unpaired) electrons. The van der Waals surface area contributed by atoms with Crippen LogP contribution in [0.4, 0.5) is 18.9 Å². The number of nitrogens with zero attached hydrogens (tertiary/aromatic N) is 2. The SMILES string of the molecule is CO[C@H]1C[C@@H]2CC[C@@H](C)[C@@](O)(O2)C(=O)C(=O)N2CCCC[C@H]2C(=O)O[C@H]([C@H](C)C[C@@H]2CC[C@@H](O)[C@H](OC)C2)CC(=O)[C@H](C)/C=C(\C)[C@@H](O)[C@@H](OC)C(=O)[C@H](C)C[C@H](C)/C=C/C=C/C=C/1C.Cc1oncc1C(=O)Nc1ccc(C(F)(F)F)cc1. The molecule has 2 aromatic rings. The van der Waals surface area contributed by atoms with E-state index in [1.54, 1.807) is 48.0 Å². The Hall–Kier alpha value is -5.68. The highest BCUT2D eigenvalue weighted by Crippen LogP contribution is 2.38. The molecule has 15 atom stereocenters. The van der Waals surface area contributed by atoms with Crippen LogP contribution in [0.5, 0.6) is 0 Å². The van der Waals surface area contributed by atoms with Crippen molar-refractivity contribution in [2.45, 2.75) is 193 Å². The monoisotopic (exact) mass is 1180 g/mol. The molecule has 0 spiro atoms. The number of ketones is 3. The Kier molecular flexibility index (Phi) is 26.0. The van der Waals surface area contributed by atoms with E-state index in [0.717, 1.165) is 24.1 Å². The number of amides is 2. The number of allylic oxidation sites excluding steroid dienone is 6. The predicted molar refractivity (Wildman–Crippen MR) is 306 cm³/mol. The van der Waals surface area contributed by atoms with Gasteiger partial charge in [-0.25, -0.2) is 4.79 Å². The summed E-state index contributed by atoms with van der Waals surface area (Å²) >= 11 is 0. The molecule has 21 heteroatoms. The minimum Gasteiger partial charge on any atom is -0.460 e. The highest BCUT2D eigenvalue weighted by molar-refractivity contribution is 6.39. The van der Waals surface area contributed by atoms with E-state index in [4.69, 9.17) is 28.2 Å². The van der Waals surface area contributed by atoms with Gasteiger partial charge in [0.05, 0.1) is 36.2 Å². The number of cyclic esters (lactones) is 1. The van der Waals surface area contributed by atoms with Crippen LogP contribution in [0.25, 0.3) is 0 Å². The quantitative estimate of drug-likeness (QED) is 0.109. The van der Waals surface area contributed by atoms with Crippen molar-refractivity contribution in [3.8, 4) is 0 Å². The Bertz CT molecular complexity index is 2670. The van der Waals surface area contributed by atoms with Gasteiger partial charge in [0.2, 0.25) is 5.79 Å². The zero-order chi connectivity index (χ0) is 62.2. The van der Waals surface area contributed by atoms with Crippen molar-refractivity contribution in [3.63, 3.8) is 0 Å². The van der Waals surface area contributed by atoms with Gasteiger partial charge in [0, 0.05) is 64.2 Å². The maximum absolute atomic E-state index is 14.4. The Morgan fingerprint density at radius 2 is 1.57 bits per heavy atom. The lowest BCUT2D eigenvalue weighted by atomic mass is 9.78. The van der Waals surface area contributed by atoms with Gasteiger partial charge in [-0.15, -0.1) is 0 Å². The molecule has 2 amide bonds. The van der Waals surface area contributed by atoms with Crippen molar-refractivity contribution in [2.24, 2.45) is 35.5 Å². The van der Waals surface area contributed by atoms with Crippen molar-refractivity contribution < 1.29 is 85.5 Å². The zero-order valence-corrected chi connectivity index (χ0v) is 50.4. The third kappa shape index (κ3) is 18.7. The minimum absolute atomic E-state index is 0.0193. The lowest BCUT2D eigenvalue weighted by Gasteiger charge is -2.42. The Morgan fingerprint density at radius 3 is 2.20 bits per heavy atom. The number of aryl methyl sites for hydroxylation is 1. The van der Waals surface area contributed by atoms with Gasteiger partial charge in [-0.05, 0) is 138 Å². The van der Waals surface area contributed by atoms with E-state index in [9.17, 15) is 57.3 Å². The third-order valence-electron chi connectivity index (χ3n) is 16.9. The number of anilines is 1. The second kappa shape index (κ2) is 31.6. The lowest BCUT2D eigenvalue weighted by Crippen LogP contribution is -2.61. The summed E-state index contributed by atoms with van der Waals surface area (Å²) in [6.07, 6.45) is 8.03. The molecule has 18 nitrogen and oxygen atoms in total. The Labute approximate surface area is 491 Å². The number of halogens is 3. The predicted octanol–water partition coefficient (Wildman–Crippen LogP) is 9.43. The summed E-state index contributed by atoms with van der Waals surface area (Å²) < 4.78 is 71.1. The number of methoxy groups -OCH3 is 3. The van der Waals surface area contributed by atoms with E-state index in [-0.39, 0.29) is 66.1 Å². The van der Waals surface area contributed by atoms with Gasteiger partial charge in [0.1, 0.15) is 41.5 Å². The molecule has 1 saturated carbocycles. The molecular weight excluding hydrogens is 1100 g/mol. The average Bonchev–Trinajstić information content (AvgIpc) is 1.90. The van der Waals surface area contributed by atoms with E-state index in [1.165, 1.54) is 30.3 Å². The number of rotatable bonds is 8. The first kappa shape index (κ1) is 69.1. The molecule has 4 aliphatic rings. The lowest BCUT2D eigenvalue weighted by molar-refractivity contribution is -0.265. The molecule has 4 heterocycles. The molecule has 4 N–H and O–H groups in total. The van der Waals surface area contributed by atoms with E-state index >= 15 is 0 Å². The fourth-order valence-corrected chi connectivity index (χ4v) is 11.6. The summed E-state index contributed by atoms with van der Waals surface area (Å²) in [5, 5.41) is 39.7. The van der Waals surface area contributed by atoms with Crippen LogP contribution in [-0.4, -0.2) is 143 Å². The van der Waals surface area contributed by atoms with Crippen LogP contribution in [0.1, 0.15) is 147 Å². The topological polar surface area (TPSA) is 251 Å². The summed E-state index contributed by atoms with van der Waals surface area (Å²) in [6.45, 7) is 14.3. The number of esters is 1. The number of alkyl halides is 3. The number of nitrogens with one attached hydrogen (secondary N) is 1. The molecule has 3 aliphatic heterocycles. The number of aliphatic hydroxyl groups excluding tert-OH is 2. The molecule has 2 saturated heterocycles. The van der Waals surface area contributed by atoms with Crippen LogP contribution in [0.3, 0.4) is 0 Å². The zero-order valence-electron chi connectivity index (χ0n) is 50.4. The van der Waals surface area contributed by atoms with Gasteiger partial charge in [-0.2, -0.15) is 13.2 Å². The second-order valence-electron chi connectivity index (χ2n) is 23.4. The largest absolute Gasteiger partial charge is 0.460 e. The van der Waals surface area contributed by atoms with Crippen LogP contribution >= 0.6 is 0 Å². The van der Waals surface area contributed by atoms with Crippen LogP contribution in [0.15, 0.2) is 82.6 Å². The van der Waals surface area contributed by atoms with E-state index in [2.05, 4.69) is 10.5 Å². The summed E-state index contributed by atoms with van der Waals surface area (Å²) in [4.78, 5) is 83.5. The Balaban J connectivity index is 0.000000570. The first-order valence-electron chi connectivity index (χ1n) is 29.2. The summed E-state index contributed by atoms with van der Waals surface area (Å²) in [5.41, 5.74) is 0.993. The molecule has 1 aliphatic carbocycles. The standard InChI is InChI=1S/C51H79NO13.C12H9F3N2O2/c1-30-16-12-11-13-17-31(2)42(61-8)28-38-21-19-36(7)51(60,65-38)48(57)49(58)52-23-15-14-18-39(52)50(59)64-43(33(4)26-37-20-22-40(53)44(27-37)62-9)29-41(54)32(3)25-35(6)46(56)47(63-10)45(55)34(5)24-30;1-7-10(6-16-19-7)11(18)17-9-4-2-8(3-5-9)12(13,14)15/h11-13,16-17,25,30,32-34,36-40,42-44,46-47,53,56,60H,14-15,18-24,26-29H2,1-10H3;2-6H,1H3,(H,17,18)/b13-11+,16-12+,31-17+,35-25+;/t30-,32-,33-,34-,36-,37+,38+,39+,40-,42+,43+,44-,46-,47+,51-;/m1./s1. The number of hydrogen-bond donors (Lipinski definition) is 4. The molecule has 0 unspecified atom stereocenters. The van der Waals surface area contributed by atoms with E-state index in [0.29, 0.717) is 69.1 Å². The fraction of sp³-hybridized carbons (Fsp3) is 0.635. The maximum Gasteiger partial charge on any atom is 0.416 e. The molecule has 1 aromatic heterocycles. The Morgan fingerprint density at radius 1 is 0.869 bits per heavy atom. The number of fused-ring (bicyclic) bond motifs is 3. The van der Waals surface area contributed by atoms with Crippen LogP contribution in [0, 0.1) is 42.4 Å². The van der Waals surface area contributed by atoms with Crippen molar-refractivity contribution in [1.82, 2.24) is 10.1 Å². The smallest absolute Gasteiger partial charge is 0.416 e. The number of piperidine rings is 1. The maximum atomic E-state index is 14.4. The van der Waals surface area contributed by atoms with Gasteiger partial charge < -0.3 is 53.7 Å². The first-order valence-corrected chi connectivity index (χ1v) is 29.2. The van der Waals surface area contributed by atoms with Gasteiger partial charge in [0.25, 0.3) is 17.6 Å². The molecule has 2 bridgehead atoms. The highest BCUT2D eigenvalue weighted by Gasteiger charge is 2.53. The van der Waals surface area contributed by atoms with Crippen LogP contribution < -0.4 is 5.32 Å². The van der Waals surface area contributed by atoms with Crippen molar-refractivity contribution in [2.75, 3.05) is 33.2 Å². The van der Waals surface area contributed by atoms with Crippen molar-refractivity contribution in [3.05, 3.63) is 95.0 Å². The number of ether oxygens (including phenoxy) is 5. The van der Waals surface area contributed by atoms with E-state index < -0.39 is 102 Å². The van der Waals surface area contributed by atoms with E-state index in [1.807, 2.05) is 58.1 Å². The number of carbonyl (C=O) groups is 6. The van der Waals surface area contributed by atoms with Gasteiger partial charge in [-0.3, -0.25) is 24.0 Å². The molecule has 466 valence electrons. The normalized spacial score (nSPS) is 33.8. The molecule has 84 heavy (non-hydrogen) atoms. The number of carbonyl (C=O) groups excluding carboxylic acids is 6. The van der Waals surface area contributed by atoms with Gasteiger partial charge in [0.15, 0.2) is 5.78 Å². The summed E-state index contributed by atoms with van der Waals surface area (Å²) in [5.74, 6) is -8.11. The van der Waals surface area contributed by atoms with Crippen LogP contribution in [-0.2, 0) is 53.8 Å². The van der Waals surface area contributed by atoms with Crippen molar-refractivity contribution in [1.29, 1.82) is 0 Å². The number of aromatic nitrogens is 1. The number of benzene rings is 1. The molecular formula is C63H88F3N3O15. The highest BCUT2D eigenvalue weighted by atomic mass is 19.4. The minimum atomic E-state index is -4.40. The first-order chi connectivity index (χ1) is 39.6. The van der Waals surface area contributed by atoms with Gasteiger partial charge >= 0.3 is 12.1 Å². The number of Topliss-reactive ketones (excluding diaryl/α,β-unsaturated/α-hetero) is 3. The molecule has 6 rings (SSSR count).